The van der Waals surface area contributed by atoms with Crippen molar-refractivity contribution in [3.8, 4) is 11.5 Å². The fraction of sp³-hybridized carbons (Fsp3) is 0.500. The van der Waals surface area contributed by atoms with Gasteiger partial charge in [-0.1, -0.05) is 13.8 Å². The number of phenols is 1. The number of hydrogen-bond acceptors (Lipinski definition) is 2. The summed E-state index contributed by atoms with van der Waals surface area (Å²) >= 11 is 0. The molecule has 1 aromatic carbocycles. The van der Waals surface area contributed by atoms with E-state index in [-0.39, 0.29) is 0 Å². The number of phenolic OH excluding ortho intramolecular Hbond substituents is 1. The summed E-state index contributed by atoms with van der Waals surface area (Å²) in [7, 11) is 0. The first-order valence-electron chi connectivity index (χ1n) is 5.20. The molecule has 0 saturated heterocycles. The fourth-order valence-corrected chi connectivity index (χ4v) is 1.53. The van der Waals surface area contributed by atoms with Gasteiger partial charge in [0.25, 0.3) is 0 Å². The summed E-state index contributed by atoms with van der Waals surface area (Å²) in [5.41, 5.74) is 2.02. The Kier molecular flexibility index (Phi) is 3.81. The van der Waals surface area contributed by atoms with Gasteiger partial charge < -0.3 is 9.84 Å². The van der Waals surface area contributed by atoms with Crippen LogP contribution < -0.4 is 4.74 Å². The van der Waals surface area contributed by atoms with E-state index in [0.717, 1.165) is 29.7 Å². The smallest absolute Gasteiger partial charge is 0.126 e. The molecule has 0 aliphatic rings. The summed E-state index contributed by atoms with van der Waals surface area (Å²) in [4.78, 5) is 0. The molecule has 0 aliphatic carbocycles. The molecular formula is C12H18O2. The van der Waals surface area contributed by atoms with Crippen molar-refractivity contribution in [2.24, 2.45) is 0 Å². The van der Waals surface area contributed by atoms with Crippen LogP contribution in [0.3, 0.4) is 0 Å². The largest absolute Gasteiger partial charge is 0.508 e. The molecule has 2 nitrogen and oxygen atoms in total. The van der Waals surface area contributed by atoms with Gasteiger partial charge in [0.1, 0.15) is 11.5 Å². The summed E-state index contributed by atoms with van der Waals surface area (Å²) < 4.78 is 5.49. The average Bonchev–Trinajstić information content (AvgIpc) is 2.18. The van der Waals surface area contributed by atoms with E-state index >= 15 is 0 Å². The van der Waals surface area contributed by atoms with Crippen LogP contribution in [-0.2, 0) is 12.8 Å². The second-order valence-corrected chi connectivity index (χ2v) is 3.23. The molecule has 0 spiro atoms. The quantitative estimate of drug-likeness (QED) is 0.798. The Morgan fingerprint density at radius 3 is 2.36 bits per heavy atom. The minimum Gasteiger partial charge on any atom is -0.508 e. The Morgan fingerprint density at radius 1 is 1.14 bits per heavy atom. The highest BCUT2D eigenvalue weighted by Gasteiger charge is 2.08. The second kappa shape index (κ2) is 4.89. The standard InChI is InChI=1S/C12H18O2/c1-4-9-7-11(13)10(5-2)12(8-9)14-6-3/h7-8,13H,4-6H2,1-3H3. The van der Waals surface area contributed by atoms with Crippen molar-refractivity contribution in [2.75, 3.05) is 6.61 Å². The zero-order valence-electron chi connectivity index (χ0n) is 9.13. The van der Waals surface area contributed by atoms with Gasteiger partial charge in [0.2, 0.25) is 0 Å². The van der Waals surface area contributed by atoms with Crippen LogP contribution in [0.15, 0.2) is 12.1 Å². The van der Waals surface area contributed by atoms with Gasteiger partial charge in [-0.3, -0.25) is 0 Å². The molecule has 1 N–H and O–H groups in total. The number of aromatic hydroxyl groups is 1. The SMILES string of the molecule is CCOc1cc(CC)cc(O)c1CC. The van der Waals surface area contributed by atoms with Crippen LogP contribution >= 0.6 is 0 Å². The summed E-state index contributed by atoms with van der Waals surface area (Å²) in [6.07, 6.45) is 1.71. The first kappa shape index (κ1) is 10.9. The maximum Gasteiger partial charge on any atom is 0.126 e. The average molecular weight is 194 g/mol. The van der Waals surface area contributed by atoms with Gasteiger partial charge in [0, 0.05) is 5.56 Å². The van der Waals surface area contributed by atoms with Crippen molar-refractivity contribution in [1.29, 1.82) is 0 Å². The van der Waals surface area contributed by atoms with Gasteiger partial charge in [-0.2, -0.15) is 0 Å². The molecule has 0 radical (unpaired) electrons. The second-order valence-electron chi connectivity index (χ2n) is 3.23. The molecule has 0 bridgehead atoms. The lowest BCUT2D eigenvalue weighted by Crippen LogP contribution is -1.97. The van der Waals surface area contributed by atoms with E-state index < -0.39 is 0 Å². The monoisotopic (exact) mass is 194 g/mol. The third-order valence-electron chi connectivity index (χ3n) is 2.31. The molecule has 0 aliphatic heterocycles. The first-order valence-corrected chi connectivity index (χ1v) is 5.20. The molecule has 0 saturated carbocycles. The van der Waals surface area contributed by atoms with Crippen molar-refractivity contribution in [1.82, 2.24) is 0 Å². The molecular weight excluding hydrogens is 176 g/mol. The zero-order valence-corrected chi connectivity index (χ0v) is 9.13. The van der Waals surface area contributed by atoms with Crippen LogP contribution in [0.25, 0.3) is 0 Å². The lowest BCUT2D eigenvalue weighted by Gasteiger charge is -2.12. The summed E-state index contributed by atoms with van der Waals surface area (Å²) in [6.45, 7) is 6.67. The zero-order chi connectivity index (χ0) is 10.6. The number of rotatable bonds is 4. The molecule has 0 atom stereocenters. The van der Waals surface area contributed by atoms with Gasteiger partial charge in [0.15, 0.2) is 0 Å². The van der Waals surface area contributed by atoms with Crippen molar-refractivity contribution in [3.63, 3.8) is 0 Å². The first-order chi connectivity index (χ1) is 6.72. The van der Waals surface area contributed by atoms with Crippen LogP contribution in [0.4, 0.5) is 0 Å². The van der Waals surface area contributed by atoms with Crippen molar-refractivity contribution in [3.05, 3.63) is 23.3 Å². The van der Waals surface area contributed by atoms with E-state index in [2.05, 4.69) is 6.92 Å². The normalized spacial score (nSPS) is 10.2. The van der Waals surface area contributed by atoms with E-state index in [9.17, 15) is 5.11 Å². The highest BCUT2D eigenvalue weighted by atomic mass is 16.5. The molecule has 78 valence electrons. The number of hydrogen-bond donors (Lipinski definition) is 1. The molecule has 14 heavy (non-hydrogen) atoms. The maximum absolute atomic E-state index is 9.75. The van der Waals surface area contributed by atoms with Gasteiger partial charge in [-0.15, -0.1) is 0 Å². The Hall–Kier alpha value is -1.18. The van der Waals surface area contributed by atoms with Crippen LogP contribution in [0, 0.1) is 0 Å². The Balaban J connectivity index is 3.13. The summed E-state index contributed by atoms with van der Waals surface area (Å²) in [5.74, 6) is 1.18. The van der Waals surface area contributed by atoms with Crippen LogP contribution in [-0.4, -0.2) is 11.7 Å². The molecule has 0 fully saturated rings. The molecule has 0 heterocycles. The molecule has 1 rings (SSSR count). The van der Waals surface area contributed by atoms with Crippen LogP contribution in [0.2, 0.25) is 0 Å². The number of benzene rings is 1. The van der Waals surface area contributed by atoms with Crippen LogP contribution in [0.5, 0.6) is 11.5 Å². The lowest BCUT2D eigenvalue weighted by molar-refractivity contribution is 0.333. The molecule has 1 aromatic rings. The predicted molar refractivity (Wildman–Crippen MR) is 58.0 cm³/mol. The van der Waals surface area contributed by atoms with Crippen molar-refractivity contribution in [2.45, 2.75) is 33.6 Å². The molecule has 2 heteroatoms. The summed E-state index contributed by atoms with van der Waals surface area (Å²) in [5, 5.41) is 9.75. The third-order valence-corrected chi connectivity index (χ3v) is 2.31. The van der Waals surface area contributed by atoms with E-state index in [1.165, 1.54) is 0 Å². The van der Waals surface area contributed by atoms with E-state index in [0.29, 0.717) is 12.4 Å². The van der Waals surface area contributed by atoms with Crippen LogP contribution in [0.1, 0.15) is 31.9 Å². The highest BCUT2D eigenvalue weighted by Crippen LogP contribution is 2.30. The molecule has 0 unspecified atom stereocenters. The van der Waals surface area contributed by atoms with E-state index in [4.69, 9.17) is 4.74 Å². The number of ether oxygens (including phenoxy) is 1. The number of aryl methyl sites for hydroxylation is 1. The van der Waals surface area contributed by atoms with Crippen molar-refractivity contribution >= 4 is 0 Å². The lowest BCUT2D eigenvalue weighted by atomic mass is 10.1. The third kappa shape index (κ3) is 2.19. The fourth-order valence-electron chi connectivity index (χ4n) is 1.53. The minimum atomic E-state index is 0.357. The van der Waals surface area contributed by atoms with Gasteiger partial charge in [-0.05, 0) is 37.5 Å². The Bertz CT molecular complexity index is 305. The Labute approximate surface area is 85.5 Å². The van der Waals surface area contributed by atoms with Gasteiger partial charge >= 0.3 is 0 Å². The predicted octanol–water partition coefficient (Wildman–Crippen LogP) is 2.92. The molecule has 0 amide bonds. The topological polar surface area (TPSA) is 29.5 Å². The van der Waals surface area contributed by atoms with Gasteiger partial charge in [0.05, 0.1) is 6.61 Å². The van der Waals surface area contributed by atoms with E-state index in [1.807, 2.05) is 26.0 Å². The Morgan fingerprint density at radius 2 is 1.86 bits per heavy atom. The van der Waals surface area contributed by atoms with Gasteiger partial charge in [-0.25, -0.2) is 0 Å². The maximum atomic E-state index is 9.75. The minimum absolute atomic E-state index is 0.357. The van der Waals surface area contributed by atoms with E-state index in [1.54, 1.807) is 0 Å². The highest BCUT2D eigenvalue weighted by molar-refractivity contribution is 5.47. The molecule has 0 aromatic heterocycles. The van der Waals surface area contributed by atoms with Crippen molar-refractivity contribution < 1.29 is 9.84 Å². The summed E-state index contributed by atoms with van der Waals surface area (Å²) in [6, 6.07) is 3.84.